The van der Waals surface area contributed by atoms with Gasteiger partial charge in [0.05, 0.1) is 16.8 Å². The second-order valence-electron chi connectivity index (χ2n) is 4.93. The van der Waals surface area contributed by atoms with Gasteiger partial charge in [0.15, 0.2) is 4.80 Å². The van der Waals surface area contributed by atoms with Gasteiger partial charge in [-0.05, 0) is 36.8 Å². The number of hydrogen-bond donors (Lipinski definition) is 0. The van der Waals surface area contributed by atoms with Gasteiger partial charge in [-0.1, -0.05) is 41.5 Å². The van der Waals surface area contributed by atoms with Crippen LogP contribution in [0.5, 0.6) is 0 Å². The molecule has 0 aliphatic carbocycles. The fourth-order valence-electron chi connectivity index (χ4n) is 2.24. The van der Waals surface area contributed by atoms with E-state index in [0.29, 0.717) is 16.9 Å². The van der Waals surface area contributed by atoms with Gasteiger partial charge in [0, 0.05) is 5.56 Å². The number of hydrogen-bond acceptors (Lipinski definition) is 2. The molecule has 3 rings (SSSR count). The molecular weight excluding hydrogens is 292 g/mol. The number of thiazole rings is 1. The average Bonchev–Trinajstić information content (AvgIpc) is 2.85. The van der Waals surface area contributed by atoms with E-state index in [1.54, 1.807) is 12.1 Å². The van der Waals surface area contributed by atoms with Crippen molar-refractivity contribution in [3.8, 4) is 12.3 Å². The van der Waals surface area contributed by atoms with E-state index in [9.17, 15) is 4.79 Å². The minimum atomic E-state index is -0.255. The summed E-state index contributed by atoms with van der Waals surface area (Å²) >= 11 is 1.48. The van der Waals surface area contributed by atoms with Crippen LogP contribution < -0.4 is 4.80 Å². The van der Waals surface area contributed by atoms with E-state index in [4.69, 9.17) is 6.42 Å². The van der Waals surface area contributed by atoms with Gasteiger partial charge in [0.1, 0.15) is 0 Å². The number of aryl methyl sites for hydroxylation is 1. The Morgan fingerprint density at radius 3 is 2.77 bits per heavy atom. The summed E-state index contributed by atoms with van der Waals surface area (Å²) in [5.74, 6) is 2.37. The molecule has 108 valence electrons. The zero-order chi connectivity index (χ0) is 15.5. The number of terminal acetylenes is 1. The summed E-state index contributed by atoms with van der Waals surface area (Å²) in [6.45, 7) is 2.43. The average molecular weight is 306 g/mol. The second kappa shape index (κ2) is 6.00. The highest BCUT2D eigenvalue weighted by Gasteiger charge is 2.08. The van der Waals surface area contributed by atoms with E-state index in [1.165, 1.54) is 16.9 Å². The van der Waals surface area contributed by atoms with Crippen molar-refractivity contribution in [2.75, 3.05) is 0 Å². The molecule has 1 heterocycles. The summed E-state index contributed by atoms with van der Waals surface area (Å²) in [5, 5.41) is 0. The molecule has 3 nitrogen and oxygen atoms in total. The van der Waals surface area contributed by atoms with Crippen LogP contribution in [0.15, 0.2) is 53.5 Å². The van der Waals surface area contributed by atoms with Gasteiger partial charge < -0.3 is 4.57 Å². The van der Waals surface area contributed by atoms with Crippen LogP contribution in [-0.2, 0) is 6.54 Å². The lowest BCUT2D eigenvalue weighted by Crippen LogP contribution is -2.16. The Bertz CT molecular complexity index is 943. The van der Waals surface area contributed by atoms with E-state index >= 15 is 0 Å². The number of aromatic nitrogens is 1. The predicted molar refractivity (Wildman–Crippen MR) is 89.7 cm³/mol. The van der Waals surface area contributed by atoms with Crippen molar-refractivity contribution in [2.24, 2.45) is 4.99 Å². The molecule has 0 saturated heterocycles. The first-order valence-electron chi connectivity index (χ1n) is 6.86. The monoisotopic (exact) mass is 306 g/mol. The smallest absolute Gasteiger partial charge is 0.279 e. The van der Waals surface area contributed by atoms with Crippen LogP contribution in [0.25, 0.3) is 10.2 Å². The Hall–Kier alpha value is -2.64. The Morgan fingerprint density at radius 2 is 2.05 bits per heavy atom. The summed E-state index contributed by atoms with van der Waals surface area (Å²) in [6, 6.07) is 15.2. The molecule has 0 unspecified atom stereocenters. The van der Waals surface area contributed by atoms with Crippen LogP contribution in [-0.4, -0.2) is 10.5 Å². The van der Waals surface area contributed by atoms with Crippen molar-refractivity contribution >= 4 is 27.5 Å². The van der Waals surface area contributed by atoms with Gasteiger partial charge in [-0.25, -0.2) is 0 Å². The standard InChI is InChI=1S/C18H14N2OS/c1-3-11-20-15-10-9-13(2)12-16(15)22-18(20)19-17(21)14-7-5-4-6-8-14/h1,4-10,12H,11H2,2H3. The Kier molecular flexibility index (Phi) is 3.90. The molecule has 1 aromatic heterocycles. The van der Waals surface area contributed by atoms with Crippen molar-refractivity contribution in [1.29, 1.82) is 0 Å². The Morgan fingerprint density at radius 1 is 1.27 bits per heavy atom. The normalized spacial score (nSPS) is 11.5. The molecule has 2 aromatic carbocycles. The lowest BCUT2D eigenvalue weighted by Gasteiger charge is -2.00. The Balaban J connectivity index is 2.17. The third kappa shape index (κ3) is 2.72. The quantitative estimate of drug-likeness (QED) is 0.668. The van der Waals surface area contributed by atoms with E-state index in [2.05, 4.69) is 17.0 Å². The van der Waals surface area contributed by atoms with Crippen molar-refractivity contribution in [2.45, 2.75) is 13.5 Å². The maximum Gasteiger partial charge on any atom is 0.279 e. The number of nitrogens with zero attached hydrogens (tertiary/aromatic N) is 2. The molecule has 0 N–H and O–H groups in total. The summed E-state index contributed by atoms with van der Waals surface area (Å²) < 4.78 is 2.98. The van der Waals surface area contributed by atoms with Gasteiger partial charge in [-0.2, -0.15) is 4.99 Å². The number of rotatable bonds is 2. The SMILES string of the molecule is C#CCn1c(=NC(=O)c2ccccc2)sc2cc(C)ccc21. The zero-order valence-electron chi connectivity index (χ0n) is 12.1. The molecule has 0 spiro atoms. The molecule has 0 radical (unpaired) electrons. The van der Waals surface area contributed by atoms with Crippen molar-refractivity contribution in [3.05, 3.63) is 64.5 Å². The fourth-order valence-corrected chi connectivity index (χ4v) is 3.37. The lowest BCUT2D eigenvalue weighted by molar-refractivity contribution is 0.0998. The third-order valence-electron chi connectivity index (χ3n) is 3.31. The first-order chi connectivity index (χ1) is 10.7. The first kappa shape index (κ1) is 14.3. The van der Waals surface area contributed by atoms with Crippen molar-refractivity contribution in [1.82, 2.24) is 4.57 Å². The van der Waals surface area contributed by atoms with E-state index in [-0.39, 0.29) is 5.91 Å². The van der Waals surface area contributed by atoms with Crippen LogP contribution in [0, 0.1) is 19.3 Å². The summed E-state index contributed by atoms with van der Waals surface area (Å²) in [4.78, 5) is 17.2. The largest absolute Gasteiger partial charge is 0.305 e. The highest BCUT2D eigenvalue weighted by atomic mass is 32.1. The van der Waals surface area contributed by atoms with Gasteiger partial charge in [0.25, 0.3) is 5.91 Å². The summed E-state index contributed by atoms with van der Waals surface area (Å²) in [5.41, 5.74) is 2.75. The van der Waals surface area contributed by atoms with Gasteiger partial charge in [-0.3, -0.25) is 4.79 Å². The molecule has 3 aromatic rings. The lowest BCUT2D eigenvalue weighted by atomic mass is 10.2. The maximum atomic E-state index is 12.3. The molecule has 1 amide bonds. The fraction of sp³-hybridized carbons (Fsp3) is 0.111. The van der Waals surface area contributed by atoms with E-state index < -0.39 is 0 Å². The number of carbonyl (C=O) groups excluding carboxylic acids is 1. The van der Waals surface area contributed by atoms with E-state index in [1.807, 2.05) is 41.8 Å². The molecule has 0 atom stereocenters. The minimum Gasteiger partial charge on any atom is -0.305 e. The third-order valence-corrected chi connectivity index (χ3v) is 4.35. The zero-order valence-corrected chi connectivity index (χ0v) is 12.9. The van der Waals surface area contributed by atoms with Crippen LogP contribution in [0.4, 0.5) is 0 Å². The summed E-state index contributed by atoms with van der Waals surface area (Å²) in [6.07, 6.45) is 5.46. The van der Waals surface area contributed by atoms with Crippen LogP contribution >= 0.6 is 11.3 Å². The molecule has 4 heteroatoms. The number of benzene rings is 2. The van der Waals surface area contributed by atoms with Crippen molar-refractivity contribution in [3.63, 3.8) is 0 Å². The van der Waals surface area contributed by atoms with E-state index in [0.717, 1.165) is 10.2 Å². The maximum absolute atomic E-state index is 12.3. The summed E-state index contributed by atoms with van der Waals surface area (Å²) in [7, 11) is 0. The molecule has 0 saturated carbocycles. The number of amides is 1. The molecule has 0 bridgehead atoms. The number of fused-ring (bicyclic) bond motifs is 1. The molecular formula is C18H14N2OS. The predicted octanol–water partition coefficient (Wildman–Crippen LogP) is 3.39. The molecule has 0 fully saturated rings. The van der Waals surface area contributed by atoms with Gasteiger partial charge in [0.2, 0.25) is 0 Å². The minimum absolute atomic E-state index is 0.255. The highest BCUT2D eigenvalue weighted by molar-refractivity contribution is 7.16. The molecule has 0 aliphatic rings. The molecule has 0 aliphatic heterocycles. The van der Waals surface area contributed by atoms with Crippen LogP contribution in [0.1, 0.15) is 15.9 Å². The first-order valence-corrected chi connectivity index (χ1v) is 7.68. The topological polar surface area (TPSA) is 34.4 Å². The van der Waals surface area contributed by atoms with Gasteiger partial charge >= 0.3 is 0 Å². The van der Waals surface area contributed by atoms with Crippen LogP contribution in [0.3, 0.4) is 0 Å². The highest BCUT2D eigenvalue weighted by Crippen LogP contribution is 2.19. The Labute approximate surface area is 132 Å². The van der Waals surface area contributed by atoms with Crippen molar-refractivity contribution < 1.29 is 4.79 Å². The van der Waals surface area contributed by atoms with Gasteiger partial charge in [-0.15, -0.1) is 6.42 Å². The number of carbonyl (C=O) groups is 1. The second-order valence-corrected chi connectivity index (χ2v) is 5.94. The molecule has 22 heavy (non-hydrogen) atoms. The van der Waals surface area contributed by atoms with Crippen LogP contribution in [0.2, 0.25) is 0 Å².